The Balaban J connectivity index is 0.000000771. The number of benzene rings is 2. The highest BCUT2D eigenvalue weighted by Gasteiger charge is 2.00. The molecule has 0 saturated heterocycles. The van der Waals surface area contributed by atoms with Crippen molar-refractivity contribution >= 4 is 0 Å². The highest BCUT2D eigenvalue weighted by atomic mass is 16.5. The maximum atomic E-state index is 8.85. The minimum absolute atomic E-state index is 0.617. The summed E-state index contributed by atoms with van der Waals surface area (Å²) in [7, 11) is 0. The maximum absolute atomic E-state index is 8.85. The van der Waals surface area contributed by atoms with Crippen LogP contribution in [0, 0.1) is 18.3 Å². The molecule has 2 rings (SSSR count). The zero-order valence-corrected chi connectivity index (χ0v) is 11.0. The predicted molar refractivity (Wildman–Crippen MR) is 73.8 cm³/mol. The molecular weight excluding hydrogens is 222 g/mol. The molecule has 0 fully saturated rings. The fourth-order valence-electron chi connectivity index (χ4n) is 1.50. The molecule has 0 aliphatic carbocycles. The van der Waals surface area contributed by atoms with Crippen LogP contribution in [0.25, 0.3) is 0 Å². The highest BCUT2D eigenvalue weighted by Crippen LogP contribution is 2.23. The van der Waals surface area contributed by atoms with E-state index in [0.29, 0.717) is 11.3 Å². The van der Waals surface area contributed by atoms with Crippen molar-refractivity contribution in [2.45, 2.75) is 20.8 Å². The second kappa shape index (κ2) is 7.13. The molecule has 0 N–H and O–H groups in total. The van der Waals surface area contributed by atoms with E-state index in [4.69, 9.17) is 10.00 Å². The summed E-state index contributed by atoms with van der Waals surface area (Å²) in [4.78, 5) is 0. The van der Waals surface area contributed by atoms with Crippen LogP contribution >= 0.6 is 0 Å². The first-order chi connectivity index (χ1) is 8.78. The lowest BCUT2D eigenvalue weighted by Gasteiger charge is -2.06. The third-order valence-corrected chi connectivity index (χ3v) is 2.16. The van der Waals surface area contributed by atoms with E-state index in [1.165, 1.54) is 0 Å². The Hall–Kier alpha value is -2.27. The van der Waals surface area contributed by atoms with Gasteiger partial charge in [-0.2, -0.15) is 5.26 Å². The monoisotopic (exact) mass is 239 g/mol. The molecule has 0 aliphatic heterocycles. The van der Waals surface area contributed by atoms with Gasteiger partial charge in [0.05, 0.1) is 11.6 Å². The first-order valence-electron chi connectivity index (χ1n) is 6.02. The fraction of sp³-hybridized carbons (Fsp3) is 0.188. The molecule has 0 saturated carbocycles. The van der Waals surface area contributed by atoms with E-state index < -0.39 is 0 Å². The summed E-state index contributed by atoms with van der Waals surface area (Å²) >= 11 is 0. The summed E-state index contributed by atoms with van der Waals surface area (Å²) in [5.74, 6) is 1.47. The van der Waals surface area contributed by atoms with E-state index in [0.717, 1.165) is 11.3 Å². The van der Waals surface area contributed by atoms with Crippen molar-refractivity contribution in [1.82, 2.24) is 0 Å². The van der Waals surface area contributed by atoms with Crippen LogP contribution in [0.2, 0.25) is 0 Å². The number of rotatable bonds is 2. The Morgan fingerprint density at radius 3 is 2.22 bits per heavy atom. The summed E-state index contributed by atoms with van der Waals surface area (Å²) in [6, 6.07) is 17.1. The molecule has 0 amide bonds. The number of hydrogen-bond donors (Lipinski definition) is 0. The summed E-state index contributed by atoms with van der Waals surface area (Å²) in [6.07, 6.45) is 0. The fourth-order valence-corrected chi connectivity index (χ4v) is 1.50. The van der Waals surface area contributed by atoms with Gasteiger partial charge in [0.15, 0.2) is 0 Å². The quantitative estimate of drug-likeness (QED) is 0.762. The standard InChI is InChI=1S/C14H11NO.C2H6/c1-11-7-12(10-15)9-14(8-11)16-13-5-3-2-4-6-13;1-2/h2-9H,1H3;1-2H3. The molecule has 0 spiro atoms. The molecule has 0 unspecified atom stereocenters. The third-order valence-electron chi connectivity index (χ3n) is 2.16. The summed E-state index contributed by atoms with van der Waals surface area (Å²) < 4.78 is 5.65. The third kappa shape index (κ3) is 3.95. The van der Waals surface area contributed by atoms with Gasteiger partial charge < -0.3 is 4.74 Å². The van der Waals surface area contributed by atoms with Crippen LogP contribution in [0.1, 0.15) is 25.0 Å². The van der Waals surface area contributed by atoms with Gasteiger partial charge >= 0.3 is 0 Å². The van der Waals surface area contributed by atoms with Crippen molar-refractivity contribution in [1.29, 1.82) is 5.26 Å². The zero-order valence-electron chi connectivity index (χ0n) is 11.0. The molecule has 0 atom stereocenters. The maximum Gasteiger partial charge on any atom is 0.129 e. The van der Waals surface area contributed by atoms with Gasteiger partial charge in [0.2, 0.25) is 0 Å². The van der Waals surface area contributed by atoms with Gasteiger partial charge in [-0.3, -0.25) is 0 Å². The van der Waals surface area contributed by atoms with Gasteiger partial charge in [-0.1, -0.05) is 32.0 Å². The molecule has 2 heteroatoms. The van der Waals surface area contributed by atoms with E-state index in [1.54, 1.807) is 6.07 Å². The second-order valence-corrected chi connectivity index (χ2v) is 3.56. The van der Waals surface area contributed by atoms with E-state index in [-0.39, 0.29) is 0 Å². The normalized spacial score (nSPS) is 8.78. The molecule has 0 aliphatic rings. The SMILES string of the molecule is CC.Cc1cc(C#N)cc(Oc2ccccc2)c1. The molecule has 2 aromatic carbocycles. The Kier molecular flexibility index (Phi) is 5.47. The first kappa shape index (κ1) is 13.8. The lowest BCUT2D eigenvalue weighted by atomic mass is 10.1. The van der Waals surface area contributed by atoms with Gasteiger partial charge in [-0.05, 0) is 42.8 Å². The van der Waals surface area contributed by atoms with Crippen LogP contribution in [-0.2, 0) is 0 Å². The van der Waals surface area contributed by atoms with E-state index in [2.05, 4.69) is 6.07 Å². The molecular formula is C16H17NO. The number of nitriles is 1. The van der Waals surface area contributed by atoms with Crippen LogP contribution in [0.5, 0.6) is 11.5 Å². The van der Waals surface area contributed by atoms with Crippen LogP contribution in [0.4, 0.5) is 0 Å². The first-order valence-corrected chi connectivity index (χ1v) is 6.02. The van der Waals surface area contributed by atoms with Crippen molar-refractivity contribution < 1.29 is 4.74 Å². The molecule has 0 heterocycles. The van der Waals surface area contributed by atoms with Crippen LogP contribution in [0.15, 0.2) is 48.5 Å². The van der Waals surface area contributed by atoms with E-state index in [9.17, 15) is 0 Å². The van der Waals surface area contributed by atoms with Gasteiger partial charge in [-0.25, -0.2) is 0 Å². The number of nitrogens with zero attached hydrogens (tertiary/aromatic N) is 1. The Labute approximate surface area is 108 Å². The average Bonchev–Trinajstić information content (AvgIpc) is 2.41. The molecule has 92 valence electrons. The number of hydrogen-bond acceptors (Lipinski definition) is 2. The van der Waals surface area contributed by atoms with E-state index in [1.807, 2.05) is 63.2 Å². The Morgan fingerprint density at radius 1 is 0.944 bits per heavy atom. The molecule has 0 radical (unpaired) electrons. The van der Waals surface area contributed by atoms with Gasteiger partial charge in [0.25, 0.3) is 0 Å². The number of ether oxygens (including phenoxy) is 1. The van der Waals surface area contributed by atoms with Gasteiger partial charge in [0, 0.05) is 0 Å². The van der Waals surface area contributed by atoms with E-state index >= 15 is 0 Å². The van der Waals surface area contributed by atoms with Gasteiger partial charge in [0.1, 0.15) is 11.5 Å². The minimum atomic E-state index is 0.617. The molecule has 0 bridgehead atoms. The Morgan fingerprint density at radius 2 is 1.61 bits per heavy atom. The van der Waals surface area contributed by atoms with Crippen molar-refractivity contribution in [3.05, 3.63) is 59.7 Å². The molecule has 2 aromatic rings. The second-order valence-electron chi connectivity index (χ2n) is 3.56. The highest BCUT2D eigenvalue weighted by molar-refractivity contribution is 5.42. The zero-order chi connectivity index (χ0) is 13.4. The van der Waals surface area contributed by atoms with Crippen LogP contribution in [-0.4, -0.2) is 0 Å². The van der Waals surface area contributed by atoms with Gasteiger partial charge in [-0.15, -0.1) is 0 Å². The summed E-state index contributed by atoms with van der Waals surface area (Å²) in [5, 5.41) is 8.85. The average molecular weight is 239 g/mol. The van der Waals surface area contributed by atoms with Crippen molar-refractivity contribution in [2.75, 3.05) is 0 Å². The smallest absolute Gasteiger partial charge is 0.129 e. The van der Waals surface area contributed by atoms with Crippen molar-refractivity contribution in [3.63, 3.8) is 0 Å². The topological polar surface area (TPSA) is 33.0 Å². The Bertz CT molecular complexity index is 527. The van der Waals surface area contributed by atoms with Crippen molar-refractivity contribution in [3.8, 4) is 17.6 Å². The minimum Gasteiger partial charge on any atom is -0.457 e. The summed E-state index contributed by atoms with van der Waals surface area (Å²) in [5.41, 5.74) is 1.64. The van der Waals surface area contributed by atoms with Crippen LogP contribution in [0.3, 0.4) is 0 Å². The lowest BCUT2D eigenvalue weighted by molar-refractivity contribution is 0.482. The number of para-hydroxylation sites is 1. The lowest BCUT2D eigenvalue weighted by Crippen LogP contribution is -1.86. The molecule has 2 nitrogen and oxygen atoms in total. The largest absolute Gasteiger partial charge is 0.457 e. The molecule has 0 aromatic heterocycles. The number of aryl methyl sites for hydroxylation is 1. The predicted octanol–water partition coefficient (Wildman–Crippen LogP) is 4.69. The van der Waals surface area contributed by atoms with Crippen LogP contribution < -0.4 is 4.74 Å². The molecule has 18 heavy (non-hydrogen) atoms. The van der Waals surface area contributed by atoms with Crippen molar-refractivity contribution in [2.24, 2.45) is 0 Å². The summed E-state index contributed by atoms with van der Waals surface area (Å²) in [6.45, 7) is 5.94.